The van der Waals surface area contributed by atoms with E-state index in [0.29, 0.717) is 23.9 Å². The fourth-order valence-electron chi connectivity index (χ4n) is 1.80. The molecule has 0 amide bonds. The molecular weight excluding hydrogens is 244 g/mol. The number of nitriles is 1. The van der Waals surface area contributed by atoms with Crippen molar-refractivity contribution in [3.05, 3.63) is 41.9 Å². The molecule has 1 aromatic heterocycles. The molecule has 19 heavy (non-hydrogen) atoms. The van der Waals surface area contributed by atoms with Crippen molar-refractivity contribution < 1.29 is 9.47 Å². The first-order valence-electron chi connectivity index (χ1n) is 5.69. The van der Waals surface area contributed by atoms with Gasteiger partial charge in [0.05, 0.1) is 6.20 Å². The van der Waals surface area contributed by atoms with E-state index in [4.69, 9.17) is 20.5 Å². The maximum absolute atomic E-state index is 8.78. The van der Waals surface area contributed by atoms with Gasteiger partial charge in [-0.3, -0.25) is 0 Å². The van der Waals surface area contributed by atoms with Crippen molar-refractivity contribution in [2.45, 2.75) is 6.10 Å². The molecule has 1 aliphatic rings. The number of hydrogen-bond acceptors (Lipinski definition) is 6. The number of anilines is 1. The number of benzene rings is 1. The minimum absolute atomic E-state index is 0.148. The molecule has 94 valence electrons. The van der Waals surface area contributed by atoms with Gasteiger partial charge >= 0.3 is 0 Å². The van der Waals surface area contributed by atoms with E-state index in [1.165, 1.54) is 6.20 Å². The zero-order chi connectivity index (χ0) is 13.2. The summed E-state index contributed by atoms with van der Waals surface area (Å²) in [5.41, 5.74) is 5.91. The average Bonchev–Trinajstić information content (AvgIpc) is 2.46. The number of nitrogens with zero attached hydrogens (tertiary/aromatic N) is 3. The minimum atomic E-state index is -0.426. The standard InChI is InChI=1S/C13H10N4O2/c14-5-8-6-16-13(17-12(8)15)11-7-18-9-3-1-2-4-10(9)19-11/h1-4,6,11H,7H2,(H2,15,16,17). The van der Waals surface area contributed by atoms with Crippen molar-refractivity contribution in [1.29, 1.82) is 5.26 Å². The highest BCUT2D eigenvalue weighted by Gasteiger charge is 2.25. The van der Waals surface area contributed by atoms with Crippen LogP contribution in [0.15, 0.2) is 30.5 Å². The average molecular weight is 254 g/mol. The van der Waals surface area contributed by atoms with E-state index < -0.39 is 6.10 Å². The van der Waals surface area contributed by atoms with E-state index >= 15 is 0 Å². The second-order valence-electron chi connectivity index (χ2n) is 4.00. The van der Waals surface area contributed by atoms with Crippen molar-refractivity contribution in [1.82, 2.24) is 9.97 Å². The van der Waals surface area contributed by atoms with Crippen molar-refractivity contribution in [3.8, 4) is 17.6 Å². The molecule has 2 aromatic rings. The molecule has 0 radical (unpaired) electrons. The topological polar surface area (TPSA) is 94.0 Å². The number of rotatable bonds is 1. The summed E-state index contributed by atoms with van der Waals surface area (Å²) in [6.07, 6.45) is 0.964. The van der Waals surface area contributed by atoms with E-state index in [1.54, 1.807) is 0 Å². The Kier molecular flexibility index (Phi) is 2.65. The lowest BCUT2D eigenvalue weighted by molar-refractivity contribution is 0.0851. The molecule has 2 heterocycles. The molecule has 1 aromatic carbocycles. The van der Waals surface area contributed by atoms with E-state index in [9.17, 15) is 0 Å². The van der Waals surface area contributed by atoms with Crippen LogP contribution in [-0.2, 0) is 0 Å². The predicted molar refractivity (Wildman–Crippen MR) is 66.5 cm³/mol. The monoisotopic (exact) mass is 254 g/mol. The van der Waals surface area contributed by atoms with Gasteiger partial charge in [-0.2, -0.15) is 5.26 Å². The van der Waals surface area contributed by atoms with Crippen molar-refractivity contribution in [2.24, 2.45) is 0 Å². The molecule has 0 bridgehead atoms. The Morgan fingerprint density at radius 1 is 1.32 bits per heavy atom. The highest BCUT2D eigenvalue weighted by atomic mass is 16.6. The zero-order valence-electron chi connectivity index (χ0n) is 9.91. The molecule has 0 saturated carbocycles. The number of nitrogens with two attached hydrogens (primary N) is 1. The minimum Gasteiger partial charge on any atom is -0.485 e. The number of aromatic nitrogens is 2. The van der Waals surface area contributed by atoms with Gasteiger partial charge in [-0.1, -0.05) is 12.1 Å². The van der Waals surface area contributed by atoms with Gasteiger partial charge in [-0.25, -0.2) is 9.97 Å². The van der Waals surface area contributed by atoms with E-state index in [2.05, 4.69) is 9.97 Å². The summed E-state index contributed by atoms with van der Waals surface area (Å²) < 4.78 is 11.3. The summed E-state index contributed by atoms with van der Waals surface area (Å²) in [6.45, 7) is 0.308. The van der Waals surface area contributed by atoms with Crippen LogP contribution in [0.2, 0.25) is 0 Å². The molecule has 0 spiro atoms. The van der Waals surface area contributed by atoms with Gasteiger partial charge < -0.3 is 15.2 Å². The molecule has 1 aliphatic heterocycles. The largest absolute Gasteiger partial charge is 0.485 e. The lowest BCUT2D eigenvalue weighted by Crippen LogP contribution is -2.24. The zero-order valence-corrected chi connectivity index (χ0v) is 9.91. The Labute approximate surface area is 109 Å². The summed E-state index contributed by atoms with van der Waals surface area (Å²) in [7, 11) is 0. The van der Waals surface area contributed by atoms with Crippen molar-refractivity contribution >= 4 is 5.82 Å². The van der Waals surface area contributed by atoms with Crippen LogP contribution in [0.4, 0.5) is 5.82 Å². The first-order valence-corrected chi connectivity index (χ1v) is 5.69. The Morgan fingerprint density at radius 2 is 2.11 bits per heavy atom. The van der Waals surface area contributed by atoms with Gasteiger partial charge in [-0.15, -0.1) is 0 Å². The number of ether oxygens (including phenoxy) is 2. The highest BCUT2D eigenvalue weighted by Crippen LogP contribution is 2.35. The SMILES string of the molecule is N#Cc1cnc(C2COc3ccccc3O2)nc1N. The third-order valence-electron chi connectivity index (χ3n) is 2.75. The number of para-hydroxylation sites is 2. The summed E-state index contributed by atoms with van der Waals surface area (Å²) in [5, 5.41) is 8.78. The fraction of sp³-hybridized carbons (Fsp3) is 0.154. The van der Waals surface area contributed by atoms with Crippen LogP contribution >= 0.6 is 0 Å². The second kappa shape index (κ2) is 4.46. The molecule has 1 atom stereocenters. The smallest absolute Gasteiger partial charge is 0.192 e. The Hall–Kier alpha value is -2.81. The number of nitrogen functional groups attached to an aromatic ring is 1. The van der Waals surface area contributed by atoms with Crippen molar-refractivity contribution in [2.75, 3.05) is 12.3 Å². The molecule has 6 heteroatoms. The summed E-state index contributed by atoms with van der Waals surface area (Å²) >= 11 is 0. The quantitative estimate of drug-likeness (QED) is 0.827. The van der Waals surface area contributed by atoms with Crippen LogP contribution in [0, 0.1) is 11.3 Å². The molecule has 0 fully saturated rings. The van der Waals surface area contributed by atoms with Gasteiger partial charge in [0.1, 0.15) is 24.1 Å². The molecule has 3 rings (SSSR count). The molecule has 2 N–H and O–H groups in total. The van der Waals surface area contributed by atoms with Gasteiger partial charge in [0.25, 0.3) is 0 Å². The number of fused-ring (bicyclic) bond motifs is 1. The highest BCUT2D eigenvalue weighted by molar-refractivity contribution is 5.47. The Bertz CT molecular complexity index is 666. The van der Waals surface area contributed by atoms with Crippen molar-refractivity contribution in [3.63, 3.8) is 0 Å². The van der Waals surface area contributed by atoms with E-state index in [-0.39, 0.29) is 11.4 Å². The lowest BCUT2D eigenvalue weighted by Gasteiger charge is -2.25. The van der Waals surface area contributed by atoms with Gasteiger partial charge in [0.15, 0.2) is 23.4 Å². The molecular formula is C13H10N4O2. The molecule has 6 nitrogen and oxygen atoms in total. The van der Waals surface area contributed by atoms with E-state index in [0.717, 1.165) is 0 Å². The van der Waals surface area contributed by atoms with Crippen LogP contribution in [0.3, 0.4) is 0 Å². The number of hydrogen-bond donors (Lipinski definition) is 1. The van der Waals surface area contributed by atoms with E-state index in [1.807, 2.05) is 30.3 Å². The van der Waals surface area contributed by atoms with Crippen LogP contribution in [-0.4, -0.2) is 16.6 Å². The van der Waals surface area contributed by atoms with Crippen LogP contribution < -0.4 is 15.2 Å². The summed E-state index contributed by atoms with van der Waals surface area (Å²) in [5.74, 6) is 1.90. The fourth-order valence-corrected chi connectivity index (χ4v) is 1.80. The van der Waals surface area contributed by atoms with Gasteiger partial charge in [0, 0.05) is 0 Å². The summed E-state index contributed by atoms with van der Waals surface area (Å²) in [6, 6.07) is 9.30. The van der Waals surface area contributed by atoms with Gasteiger partial charge in [-0.05, 0) is 12.1 Å². The Morgan fingerprint density at radius 3 is 2.84 bits per heavy atom. The third-order valence-corrected chi connectivity index (χ3v) is 2.75. The molecule has 0 saturated heterocycles. The third kappa shape index (κ3) is 2.02. The Balaban J connectivity index is 1.89. The first kappa shape index (κ1) is 11.3. The molecule has 0 aliphatic carbocycles. The molecule has 1 unspecified atom stereocenters. The van der Waals surface area contributed by atoms with Crippen LogP contribution in [0.25, 0.3) is 0 Å². The summed E-state index contributed by atoms with van der Waals surface area (Å²) in [4.78, 5) is 8.17. The maximum Gasteiger partial charge on any atom is 0.192 e. The van der Waals surface area contributed by atoms with Gasteiger partial charge in [0.2, 0.25) is 0 Å². The maximum atomic E-state index is 8.78. The van der Waals surface area contributed by atoms with Crippen LogP contribution in [0.5, 0.6) is 11.5 Å². The lowest BCUT2D eigenvalue weighted by atomic mass is 10.2. The predicted octanol–water partition coefficient (Wildman–Crippen LogP) is 1.44. The second-order valence-corrected chi connectivity index (χ2v) is 4.00. The normalized spacial score (nSPS) is 16.7. The van der Waals surface area contributed by atoms with Crippen LogP contribution in [0.1, 0.15) is 17.5 Å². The first-order chi connectivity index (χ1) is 9.28.